The van der Waals surface area contributed by atoms with E-state index >= 15 is 0 Å². The number of esters is 1. The summed E-state index contributed by atoms with van der Waals surface area (Å²) in [6.45, 7) is 1.38. The summed E-state index contributed by atoms with van der Waals surface area (Å²) >= 11 is 0. The molecule has 3 aromatic carbocycles. The van der Waals surface area contributed by atoms with Crippen LogP contribution in [0.5, 0.6) is 0 Å². The summed E-state index contributed by atoms with van der Waals surface area (Å²) in [5, 5.41) is 5.82. The molecule has 2 N–H and O–H groups in total. The lowest BCUT2D eigenvalue weighted by Gasteiger charge is -2.24. The highest BCUT2D eigenvalue weighted by Crippen LogP contribution is 2.08. The standard InChI is InChI=1S/C27H28N2O4/c1-20(30)33-19-24(17-21-11-5-2-6-12-21)28-27(32)25(18-22-13-7-3-8-14-22)29-26(31)23-15-9-4-10-16-23/h2-16,24-25H,17-19H2,1H3,(H,28,32)(H,29,31)/t24?,25-/m0/s1. The molecule has 0 bridgehead atoms. The Labute approximate surface area is 194 Å². The highest BCUT2D eigenvalue weighted by Gasteiger charge is 2.25. The second-order valence-corrected chi connectivity index (χ2v) is 7.78. The van der Waals surface area contributed by atoms with Crippen molar-refractivity contribution in [2.24, 2.45) is 0 Å². The summed E-state index contributed by atoms with van der Waals surface area (Å²) in [6.07, 6.45) is 0.821. The van der Waals surface area contributed by atoms with Gasteiger partial charge in [0.1, 0.15) is 12.6 Å². The van der Waals surface area contributed by atoms with E-state index < -0.39 is 18.1 Å². The minimum Gasteiger partial charge on any atom is -0.464 e. The minimum atomic E-state index is -0.796. The van der Waals surface area contributed by atoms with Gasteiger partial charge in [-0.3, -0.25) is 14.4 Å². The Morgan fingerprint density at radius 1 is 0.727 bits per heavy atom. The van der Waals surface area contributed by atoms with E-state index in [1.54, 1.807) is 24.3 Å². The van der Waals surface area contributed by atoms with Crippen LogP contribution in [0.1, 0.15) is 28.4 Å². The van der Waals surface area contributed by atoms with Gasteiger partial charge in [-0.15, -0.1) is 0 Å². The number of hydrogen-bond donors (Lipinski definition) is 2. The van der Waals surface area contributed by atoms with Crippen molar-refractivity contribution in [2.45, 2.75) is 31.8 Å². The van der Waals surface area contributed by atoms with Crippen LogP contribution in [-0.2, 0) is 27.2 Å². The van der Waals surface area contributed by atoms with Crippen molar-refractivity contribution in [3.05, 3.63) is 108 Å². The van der Waals surface area contributed by atoms with Crippen LogP contribution < -0.4 is 10.6 Å². The molecule has 0 aliphatic carbocycles. The number of carbonyl (C=O) groups is 3. The average Bonchev–Trinajstić information content (AvgIpc) is 2.84. The zero-order valence-electron chi connectivity index (χ0n) is 18.6. The molecule has 33 heavy (non-hydrogen) atoms. The van der Waals surface area contributed by atoms with Crippen LogP contribution in [0, 0.1) is 0 Å². The van der Waals surface area contributed by atoms with E-state index in [2.05, 4.69) is 10.6 Å². The van der Waals surface area contributed by atoms with Crippen LogP contribution >= 0.6 is 0 Å². The molecule has 2 atom stereocenters. The number of benzene rings is 3. The van der Waals surface area contributed by atoms with Gasteiger partial charge in [0.15, 0.2) is 0 Å². The quantitative estimate of drug-likeness (QED) is 0.470. The third-order valence-corrected chi connectivity index (χ3v) is 5.10. The molecule has 0 fully saturated rings. The third-order valence-electron chi connectivity index (χ3n) is 5.10. The molecule has 1 unspecified atom stereocenters. The van der Waals surface area contributed by atoms with E-state index in [4.69, 9.17) is 4.74 Å². The Bertz CT molecular complexity index is 1040. The molecule has 170 valence electrons. The maximum atomic E-state index is 13.3. The maximum Gasteiger partial charge on any atom is 0.302 e. The smallest absolute Gasteiger partial charge is 0.302 e. The zero-order valence-corrected chi connectivity index (χ0v) is 18.6. The Morgan fingerprint density at radius 2 is 1.24 bits per heavy atom. The van der Waals surface area contributed by atoms with Gasteiger partial charge in [0.2, 0.25) is 5.91 Å². The van der Waals surface area contributed by atoms with E-state index in [-0.39, 0.29) is 18.4 Å². The van der Waals surface area contributed by atoms with E-state index in [0.29, 0.717) is 18.4 Å². The lowest BCUT2D eigenvalue weighted by Crippen LogP contribution is -2.52. The molecular weight excluding hydrogens is 416 g/mol. The second-order valence-electron chi connectivity index (χ2n) is 7.78. The van der Waals surface area contributed by atoms with E-state index in [9.17, 15) is 14.4 Å². The maximum absolute atomic E-state index is 13.3. The first-order valence-corrected chi connectivity index (χ1v) is 10.9. The minimum absolute atomic E-state index is 0.0423. The largest absolute Gasteiger partial charge is 0.464 e. The first-order valence-electron chi connectivity index (χ1n) is 10.9. The molecule has 0 heterocycles. The zero-order chi connectivity index (χ0) is 23.5. The molecular formula is C27H28N2O4. The van der Waals surface area contributed by atoms with Crippen molar-refractivity contribution in [3.8, 4) is 0 Å². The van der Waals surface area contributed by atoms with Crippen molar-refractivity contribution in [1.29, 1.82) is 0 Å². The summed E-state index contributed by atoms with van der Waals surface area (Å²) in [5.41, 5.74) is 2.40. The molecule has 3 aromatic rings. The first-order chi connectivity index (χ1) is 16.0. The van der Waals surface area contributed by atoms with Crippen molar-refractivity contribution >= 4 is 17.8 Å². The fraction of sp³-hybridized carbons (Fsp3) is 0.222. The molecule has 6 heteroatoms. The highest BCUT2D eigenvalue weighted by molar-refractivity contribution is 5.97. The monoisotopic (exact) mass is 444 g/mol. The Balaban J connectivity index is 1.76. The van der Waals surface area contributed by atoms with Crippen LogP contribution in [0.3, 0.4) is 0 Å². The van der Waals surface area contributed by atoms with Crippen molar-refractivity contribution < 1.29 is 19.1 Å². The Kier molecular flexibility index (Phi) is 8.77. The molecule has 0 saturated carbocycles. The fourth-order valence-corrected chi connectivity index (χ4v) is 3.46. The lowest BCUT2D eigenvalue weighted by atomic mass is 10.0. The second kappa shape index (κ2) is 12.2. The molecule has 3 rings (SSSR count). The number of amides is 2. The number of ether oxygens (including phenoxy) is 1. The number of nitrogens with one attached hydrogen (secondary N) is 2. The summed E-state index contributed by atoms with van der Waals surface area (Å²) in [4.78, 5) is 37.4. The molecule has 0 radical (unpaired) electrons. The molecule has 0 spiro atoms. The van der Waals surface area contributed by atoms with Gasteiger partial charge in [0.05, 0.1) is 6.04 Å². The van der Waals surface area contributed by atoms with Gasteiger partial charge < -0.3 is 15.4 Å². The summed E-state index contributed by atoms with van der Waals surface area (Å²) in [7, 11) is 0. The molecule has 6 nitrogen and oxygen atoms in total. The number of carbonyl (C=O) groups excluding carboxylic acids is 3. The topological polar surface area (TPSA) is 84.5 Å². The van der Waals surface area contributed by atoms with E-state index in [0.717, 1.165) is 11.1 Å². The van der Waals surface area contributed by atoms with Gasteiger partial charge in [0.25, 0.3) is 5.91 Å². The Hall–Kier alpha value is -3.93. The van der Waals surface area contributed by atoms with Gasteiger partial charge in [-0.25, -0.2) is 0 Å². The van der Waals surface area contributed by atoms with Crippen molar-refractivity contribution in [3.63, 3.8) is 0 Å². The van der Waals surface area contributed by atoms with Gasteiger partial charge in [-0.2, -0.15) is 0 Å². The molecule has 0 aliphatic rings. The van der Waals surface area contributed by atoms with Crippen LogP contribution in [0.25, 0.3) is 0 Å². The summed E-state index contributed by atoms with van der Waals surface area (Å²) in [5.74, 6) is -1.08. The van der Waals surface area contributed by atoms with Gasteiger partial charge in [-0.1, -0.05) is 78.9 Å². The van der Waals surface area contributed by atoms with Gasteiger partial charge in [-0.05, 0) is 29.7 Å². The van der Waals surface area contributed by atoms with E-state index in [1.807, 2.05) is 66.7 Å². The Morgan fingerprint density at radius 3 is 1.79 bits per heavy atom. The number of rotatable bonds is 10. The molecule has 0 aliphatic heterocycles. The van der Waals surface area contributed by atoms with E-state index in [1.165, 1.54) is 6.92 Å². The average molecular weight is 445 g/mol. The normalized spacial score (nSPS) is 12.3. The SMILES string of the molecule is CC(=O)OCC(Cc1ccccc1)NC(=O)[C@H](Cc1ccccc1)NC(=O)c1ccccc1. The first kappa shape index (κ1) is 23.7. The van der Waals surface area contributed by atoms with Crippen molar-refractivity contribution in [2.75, 3.05) is 6.61 Å². The molecule has 0 saturated heterocycles. The van der Waals surface area contributed by atoms with Gasteiger partial charge in [0, 0.05) is 18.9 Å². The van der Waals surface area contributed by atoms with Crippen LogP contribution in [0.4, 0.5) is 0 Å². The van der Waals surface area contributed by atoms with Crippen LogP contribution in [-0.4, -0.2) is 36.5 Å². The predicted octanol–water partition coefficient (Wildman–Crippen LogP) is 3.32. The van der Waals surface area contributed by atoms with Crippen molar-refractivity contribution in [1.82, 2.24) is 10.6 Å². The predicted molar refractivity (Wildman–Crippen MR) is 127 cm³/mol. The summed E-state index contributed by atoms with van der Waals surface area (Å²) in [6, 6.07) is 26.7. The molecule has 0 aromatic heterocycles. The highest BCUT2D eigenvalue weighted by atomic mass is 16.5. The molecule has 2 amide bonds. The van der Waals surface area contributed by atoms with Crippen LogP contribution in [0.2, 0.25) is 0 Å². The summed E-state index contributed by atoms with van der Waals surface area (Å²) < 4.78 is 5.18. The number of hydrogen-bond acceptors (Lipinski definition) is 4. The van der Waals surface area contributed by atoms with Gasteiger partial charge >= 0.3 is 5.97 Å². The van der Waals surface area contributed by atoms with Crippen LogP contribution in [0.15, 0.2) is 91.0 Å². The lowest BCUT2D eigenvalue weighted by molar-refractivity contribution is -0.142. The third kappa shape index (κ3) is 7.92. The fourth-order valence-electron chi connectivity index (χ4n) is 3.46.